The lowest BCUT2D eigenvalue weighted by molar-refractivity contribution is 0.0953. The van der Waals surface area contributed by atoms with Gasteiger partial charge in [0.05, 0.1) is 23.1 Å². The number of hydrogen-bond acceptors (Lipinski definition) is 4. The number of nitrogens with one attached hydrogen (secondary N) is 1. The zero-order valence-electron chi connectivity index (χ0n) is 16.4. The minimum atomic E-state index is -0.0853. The van der Waals surface area contributed by atoms with Gasteiger partial charge in [0.15, 0.2) is 0 Å². The summed E-state index contributed by atoms with van der Waals surface area (Å²) >= 11 is 0. The molecule has 3 rings (SSSR count). The Hall–Kier alpha value is -3.46. The lowest BCUT2D eigenvalue weighted by atomic mass is 10.0. The molecule has 0 aliphatic carbocycles. The second kappa shape index (κ2) is 8.49. The van der Waals surface area contributed by atoms with Gasteiger partial charge in [0.1, 0.15) is 6.07 Å². The van der Waals surface area contributed by atoms with Crippen molar-refractivity contribution in [1.82, 2.24) is 20.1 Å². The monoisotopic (exact) mass is 373 g/mol. The summed E-state index contributed by atoms with van der Waals surface area (Å²) in [6.45, 7) is 4.36. The molecule has 0 unspecified atom stereocenters. The zero-order valence-corrected chi connectivity index (χ0v) is 16.4. The van der Waals surface area contributed by atoms with Crippen LogP contribution in [0.1, 0.15) is 39.2 Å². The highest BCUT2D eigenvalue weighted by Gasteiger charge is 2.10. The third-order valence-corrected chi connectivity index (χ3v) is 4.64. The molecule has 28 heavy (non-hydrogen) atoms. The fraction of sp³-hybridized carbons (Fsp3) is 0.273. The number of carbonyl (C=O) groups excluding carboxylic acids is 1. The zero-order chi connectivity index (χ0) is 20.1. The molecule has 6 heteroatoms. The Labute approximate surface area is 164 Å². The molecular formula is C22H23N5O. The number of aryl methyl sites for hydroxylation is 4. The molecule has 2 heterocycles. The summed E-state index contributed by atoms with van der Waals surface area (Å²) in [5.41, 5.74) is 5.74. The van der Waals surface area contributed by atoms with Gasteiger partial charge in [0, 0.05) is 30.9 Å². The van der Waals surface area contributed by atoms with E-state index in [0.717, 1.165) is 29.7 Å². The van der Waals surface area contributed by atoms with Crippen LogP contribution >= 0.6 is 0 Å². The Morgan fingerprint density at radius 2 is 2.00 bits per heavy atom. The minimum Gasteiger partial charge on any atom is -0.352 e. The first kappa shape index (κ1) is 19.3. The summed E-state index contributed by atoms with van der Waals surface area (Å²) in [5.74, 6) is -0.0853. The van der Waals surface area contributed by atoms with Crippen molar-refractivity contribution in [3.8, 4) is 17.3 Å². The minimum absolute atomic E-state index is 0.0853. The van der Waals surface area contributed by atoms with Gasteiger partial charge in [-0.25, -0.2) is 0 Å². The normalized spacial score (nSPS) is 10.5. The van der Waals surface area contributed by atoms with Crippen LogP contribution in [0.15, 0.2) is 42.7 Å². The van der Waals surface area contributed by atoms with Crippen LogP contribution in [0.5, 0.6) is 0 Å². The number of benzene rings is 1. The van der Waals surface area contributed by atoms with Crippen molar-refractivity contribution >= 4 is 5.91 Å². The Morgan fingerprint density at radius 1 is 1.25 bits per heavy atom. The topological polar surface area (TPSA) is 83.6 Å². The highest BCUT2D eigenvalue weighted by atomic mass is 16.1. The number of amides is 1. The van der Waals surface area contributed by atoms with Gasteiger partial charge in [-0.2, -0.15) is 10.4 Å². The van der Waals surface area contributed by atoms with Crippen molar-refractivity contribution in [2.24, 2.45) is 7.05 Å². The molecule has 1 aromatic carbocycles. The summed E-state index contributed by atoms with van der Waals surface area (Å²) in [7, 11) is 1.89. The predicted molar refractivity (Wildman–Crippen MR) is 108 cm³/mol. The molecule has 3 aromatic rings. The van der Waals surface area contributed by atoms with Crippen molar-refractivity contribution in [2.45, 2.75) is 26.7 Å². The van der Waals surface area contributed by atoms with Gasteiger partial charge in [-0.05, 0) is 56.0 Å². The molecule has 0 aliphatic heterocycles. The van der Waals surface area contributed by atoms with Gasteiger partial charge in [-0.15, -0.1) is 0 Å². The van der Waals surface area contributed by atoms with Crippen molar-refractivity contribution in [2.75, 3.05) is 6.54 Å². The number of rotatable bonds is 6. The molecule has 1 amide bonds. The van der Waals surface area contributed by atoms with Crippen molar-refractivity contribution < 1.29 is 4.79 Å². The first-order valence-corrected chi connectivity index (χ1v) is 9.22. The molecule has 0 saturated heterocycles. The van der Waals surface area contributed by atoms with Crippen LogP contribution in [0, 0.1) is 25.2 Å². The molecule has 6 nitrogen and oxygen atoms in total. The van der Waals surface area contributed by atoms with E-state index in [1.807, 2.05) is 51.5 Å². The van der Waals surface area contributed by atoms with Gasteiger partial charge < -0.3 is 5.32 Å². The molecule has 0 bridgehead atoms. The summed E-state index contributed by atoms with van der Waals surface area (Å²) in [6.07, 6.45) is 5.59. The number of nitrogens with zero attached hydrogens (tertiary/aromatic N) is 4. The maximum Gasteiger partial charge on any atom is 0.251 e. The van der Waals surface area contributed by atoms with Crippen molar-refractivity contribution in [3.05, 3.63) is 70.7 Å². The number of hydrogen-bond donors (Lipinski definition) is 1. The first-order valence-electron chi connectivity index (χ1n) is 9.22. The summed E-state index contributed by atoms with van der Waals surface area (Å²) in [6, 6.07) is 11.5. The van der Waals surface area contributed by atoms with Crippen LogP contribution < -0.4 is 5.32 Å². The fourth-order valence-electron chi connectivity index (χ4n) is 3.14. The maximum atomic E-state index is 12.3. The van der Waals surface area contributed by atoms with E-state index in [-0.39, 0.29) is 5.91 Å². The molecular weight excluding hydrogens is 350 g/mol. The largest absolute Gasteiger partial charge is 0.352 e. The van der Waals surface area contributed by atoms with E-state index in [1.165, 1.54) is 5.56 Å². The predicted octanol–water partition coefficient (Wildman–Crippen LogP) is 3.33. The van der Waals surface area contributed by atoms with E-state index in [2.05, 4.69) is 21.5 Å². The van der Waals surface area contributed by atoms with Crippen molar-refractivity contribution in [3.63, 3.8) is 0 Å². The van der Waals surface area contributed by atoms with Crippen LogP contribution in [0.25, 0.3) is 11.3 Å². The second-order valence-corrected chi connectivity index (χ2v) is 6.86. The molecule has 0 atom stereocenters. The summed E-state index contributed by atoms with van der Waals surface area (Å²) < 4.78 is 1.78. The van der Waals surface area contributed by atoms with Crippen LogP contribution in [-0.2, 0) is 13.5 Å². The Balaban J connectivity index is 1.59. The quantitative estimate of drug-likeness (QED) is 0.672. The van der Waals surface area contributed by atoms with E-state index in [1.54, 1.807) is 16.8 Å². The molecule has 0 fully saturated rings. The number of carbonyl (C=O) groups is 1. The third-order valence-electron chi connectivity index (χ3n) is 4.64. The summed E-state index contributed by atoms with van der Waals surface area (Å²) in [5, 5.41) is 16.3. The average Bonchev–Trinajstić information content (AvgIpc) is 3.10. The molecule has 142 valence electrons. The molecule has 0 saturated carbocycles. The Kier molecular flexibility index (Phi) is 5.85. The smallest absolute Gasteiger partial charge is 0.251 e. The third kappa shape index (κ3) is 4.44. The molecule has 1 N–H and O–H groups in total. The van der Waals surface area contributed by atoms with Crippen LogP contribution in [0.3, 0.4) is 0 Å². The Morgan fingerprint density at radius 3 is 2.61 bits per heavy atom. The number of nitriles is 1. The average molecular weight is 373 g/mol. The fourth-order valence-corrected chi connectivity index (χ4v) is 3.14. The number of aromatic nitrogens is 3. The highest BCUT2D eigenvalue weighted by molar-refractivity contribution is 5.94. The van der Waals surface area contributed by atoms with Crippen LogP contribution in [0.4, 0.5) is 0 Å². The van der Waals surface area contributed by atoms with E-state index >= 15 is 0 Å². The second-order valence-electron chi connectivity index (χ2n) is 6.86. The lowest BCUT2D eigenvalue weighted by Crippen LogP contribution is -2.24. The molecule has 0 spiro atoms. The summed E-state index contributed by atoms with van der Waals surface area (Å²) in [4.78, 5) is 16.8. The highest BCUT2D eigenvalue weighted by Crippen LogP contribution is 2.22. The SMILES string of the molecule is Cc1cc(-c2ccc(C(=O)NCCCc3cnn(C)c3)cc2)nc(C)c1C#N. The van der Waals surface area contributed by atoms with Gasteiger partial charge in [0.25, 0.3) is 5.91 Å². The van der Waals surface area contributed by atoms with Gasteiger partial charge in [0.2, 0.25) is 0 Å². The Bertz CT molecular complexity index is 1000. The van der Waals surface area contributed by atoms with E-state index in [0.29, 0.717) is 23.4 Å². The maximum absolute atomic E-state index is 12.3. The molecule has 2 aromatic heterocycles. The van der Waals surface area contributed by atoms with Crippen molar-refractivity contribution in [1.29, 1.82) is 5.26 Å². The molecule has 0 radical (unpaired) electrons. The van der Waals surface area contributed by atoms with Crippen LogP contribution in [0.2, 0.25) is 0 Å². The van der Waals surface area contributed by atoms with Crippen LogP contribution in [-0.4, -0.2) is 27.2 Å². The van der Waals surface area contributed by atoms with Gasteiger partial charge in [-0.1, -0.05) is 12.1 Å². The van der Waals surface area contributed by atoms with E-state index in [9.17, 15) is 10.1 Å². The van der Waals surface area contributed by atoms with Gasteiger partial charge in [-0.3, -0.25) is 14.5 Å². The standard InChI is InChI=1S/C22H23N5O/c1-15-11-21(26-16(2)20(15)12-23)18-6-8-19(9-7-18)22(28)24-10-4-5-17-13-25-27(3)14-17/h6-9,11,13-14H,4-5,10H2,1-3H3,(H,24,28). The van der Waals surface area contributed by atoms with E-state index < -0.39 is 0 Å². The van der Waals surface area contributed by atoms with E-state index in [4.69, 9.17) is 0 Å². The van der Waals surface area contributed by atoms with Gasteiger partial charge >= 0.3 is 0 Å². The molecule has 0 aliphatic rings. The first-order chi connectivity index (χ1) is 13.5. The lowest BCUT2D eigenvalue weighted by Gasteiger charge is -2.08. The number of pyridine rings is 1.